The molecule has 0 bridgehead atoms. The van der Waals surface area contributed by atoms with Gasteiger partial charge in [-0.15, -0.1) is 11.3 Å². The number of fused-ring (bicyclic) bond motifs is 3. The van der Waals surface area contributed by atoms with E-state index < -0.39 is 5.97 Å². The molecular formula is C19H17FN2O3S. The molecule has 2 heterocycles. The lowest BCUT2D eigenvalue weighted by atomic mass is 9.97. The summed E-state index contributed by atoms with van der Waals surface area (Å²) in [7, 11) is 0. The zero-order valence-electron chi connectivity index (χ0n) is 14.0. The number of hydrogen-bond donors (Lipinski definition) is 1. The van der Waals surface area contributed by atoms with Crippen molar-refractivity contribution in [1.82, 2.24) is 9.97 Å². The Kier molecular flexibility index (Phi) is 4.55. The van der Waals surface area contributed by atoms with Gasteiger partial charge in [0.15, 0.2) is 0 Å². The van der Waals surface area contributed by atoms with Crippen molar-refractivity contribution < 1.29 is 13.9 Å². The van der Waals surface area contributed by atoms with Crippen LogP contribution in [0.4, 0.5) is 4.39 Å². The highest BCUT2D eigenvalue weighted by atomic mass is 32.1. The standard InChI is InChI=1S/C19H17FN2O3S/c20-12-7-5-11(6-8-12)9-16(23)25-10-15-21-18(24)17-13-3-1-2-4-14(13)26-19(17)22-15/h5-8H,1-4,9-10H2,(H,21,22,24). The number of carbonyl (C=O) groups is 1. The smallest absolute Gasteiger partial charge is 0.310 e. The van der Waals surface area contributed by atoms with E-state index in [-0.39, 0.29) is 24.4 Å². The van der Waals surface area contributed by atoms with Crippen LogP contribution in [0.2, 0.25) is 0 Å². The van der Waals surface area contributed by atoms with Crippen LogP contribution in [-0.4, -0.2) is 15.9 Å². The zero-order valence-corrected chi connectivity index (χ0v) is 14.8. The van der Waals surface area contributed by atoms with E-state index in [1.807, 2.05) is 0 Å². The average molecular weight is 372 g/mol. The maximum absolute atomic E-state index is 12.9. The molecule has 134 valence electrons. The Balaban J connectivity index is 1.48. The van der Waals surface area contributed by atoms with E-state index in [0.717, 1.165) is 31.2 Å². The van der Waals surface area contributed by atoms with Gasteiger partial charge in [-0.05, 0) is 48.9 Å². The van der Waals surface area contributed by atoms with Crippen molar-refractivity contribution in [2.45, 2.75) is 38.7 Å². The molecule has 0 radical (unpaired) electrons. The summed E-state index contributed by atoms with van der Waals surface area (Å²) < 4.78 is 18.1. The molecule has 0 aliphatic heterocycles. The lowest BCUT2D eigenvalue weighted by molar-refractivity contribution is -0.144. The van der Waals surface area contributed by atoms with Gasteiger partial charge in [-0.2, -0.15) is 0 Å². The number of thiophene rings is 1. The van der Waals surface area contributed by atoms with Crippen LogP contribution in [0.25, 0.3) is 10.2 Å². The first-order chi connectivity index (χ1) is 12.6. The van der Waals surface area contributed by atoms with E-state index in [0.29, 0.717) is 21.6 Å². The van der Waals surface area contributed by atoms with Gasteiger partial charge in [-0.25, -0.2) is 9.37 Å². The Hall–Kier alpha value is -2.54. The molecule has 2 aromatic heterocycles. The molecule has 0 spiro atoms. The summed E-state index contributed by atoms with van der Waals surface area (Å²) in [5, 5.41) is 0.686. The number of carbonyl (C=O) groups excluding carboxylic acids is 1. The molecule has 1 N–H and O–H groups in total. The van der Waals surface area contributed by atoms with Crippen LogP contribution in [-0.2, 0) is 35.4 Å². The monoisotopic (exact) mass is 372 g/mol. The van der Waals surface area contributed by atoms with Crippen LogP contribution >= 0.6 is 11.3 Å². The van der Waals surface area contributed by atoms with Gasteiger partial charge in [0.2, 0.25) is 0 Å². The molecule has 0 saturated carbocycles. The van der Waals surface area contributed by atoms with Crippen molar-refractivity contribution in [3.8, 4) is 0 Å². The summed E-state index contributed by atoms with van der Waals surface area (Å²) in [6.45, 7) is -0.0895. The van der Waals surface area contributed by atoms with Crippen molar-refractivity contribution in [1.29, 1.82) is 0 Å². The Bertz CT molecular complexity index is 1020. The van der Waals surface area contributed by atoms with Crippen molar-refractivity contribution in [3.63, 3.8) is 0 Å². The first kappa shape index (κ1) is 16.9. The molecule has 0 amide bonds. The summed E-state index contributed by atoms with van der Waals surface area (Å²) in [5.41, 5.74) is 1.63. The Morgan fingerprint density at radius 1 is 1.23 bits per heavy atom. The number of aryl methyl sites for hydroxylation is 2. The second-order valence-corrected chi connectivity index (χ2v) is 7.45. The summed E-state index contributed by atoms with van der Waals surface area (Å²) >= 11 is 1.56. The van der Waals surface area contributed by atoms with Gasteiger partial charge < -0.3 is 9.72 Å². The topological polar surface area (TPSA) is 72.0 Å². The van der Waals surface area contributed by atoms with E-state index in [9.17, 15) is 14.0 Å². The lowest BCUT2D eigenvalue weighted by Crippen LogP contribution is -2.15. The van der Waals surface area contributed by atoms with Crippen LogP contribution in [0.15, 0.2) is 29.1 Å². The van der Waals surface area contributed by atoms with Crippen molar-refractivity contribution in [3.05, 3.63) is 62.3 Å². The van der Waals surface area contributed by atoms with Gasteiger partial charge >= 0.3 is 5.97 Å². The van der Waals surface area contributed by atoms with Crippen LogP contribution in [0, 0.1) is 5.82 Å². The van der Waals surface area contributed by atoms with Gasteiger partial charge in [-0.1, -0.05) is 12.1 Å². The first-order valence-corrected chi connectivity index (χ1v) is 9.35. The van der Waals surface area contributed by atoms with Gasteiger partial charge in [-0.3, -0.25) is 9.59 Å². The summed E-state index contributed by atoms with van der Waals surface area (Å²) in [6.07, 6.45) is 4.20. The van der Waals surface area contributed by atoms with Crippen LogP contribution in [0.1, 0.15) is 34.7 Å². The van der Waals surface area contributed by atoms with Crippen molar-refractivity contribution in [2.24, 2.45) is 0 Å². The number of ether oxygens (including phenoxy) is 1. The number of rotatable bonds is 4. The van der Waals surface area contributed by atoms with E-state index in [4.69, 9.17) is 4.74 Å². The molecule has 1 aliphatic carbocycles. The average Bonchev–Trinajstić information content (AvgIpc) is 3.01. The summed E-state index contributed by atoms with van der Waals surface area (Å²) in [6, 6.07) is 5.68. The molecule has 4 rings (SSSR count). The molecule has 0 saturated heterocycles. The first-order valence-electron chi connectivity index (χ1n) is 8.53. The normalized spacial score (nSPS) is 13.6. The number of aromatic nitrogens is 2. The number of esters is 1. The minimum Gasteiger partial charge on any atom is -0.457 e. The second-order valence-electron chi connectivity index (χ2n) is 6.37. The number of halogens is 1. The predicted molar refractivity (Wildman–Crippen MR) is 96.8 cm³/mol. The van der Waals surface area contributed by atoms with E-state index >= 15 is 0 Å². The SMILES string of the molecule is O=C(Cc1ccc(F)cc1)OCc1nc2sc3c(c2c(=O)[nH]1)CCCC3. The van der Waals surface area contributed by atoms with E-state index in [1.165, 1.54) is 17.0 Å². The number of hydrogen-bond acceptors (Lipinski definition) is 5. The van der Waals surface area contributed by atoms with Crippen LogP contribution < -0.4 is 5.56 Å². The molecular weight excluding hydrogens is 355 g/mol. The maximum atomic E-state index is 12.9. The van der Waals surface area contributed by atoms with E-state index in [1.54, 1.807) is 23.5 Å². The third kappa shape index (κ3) is 3.39. The largest absolute Gasteiger partial charge is 0.457 e. The minimum atomic E-state index is -0.454. The number of nitrogens with zero attached hydrogens (tertiary/aromatic N) is 1. The van der Waals surface area contributed by atoms with Gasteiger partial charge in [0.1, 0.15) is 23.1 Å². The minimum absolute atomic E-state index is 0.0417. The molecule has 1 aromatic carbocycles. The third-order valence-corrected chi connectivity index (χ3v) is 5.69. The quantitative estimate of drug-likeness (QED) is 0.714. The molecule has 5 nitrogen and oxygen atoms in total. The fourth-order valence-corrected chi connectivity index (χ4v) is 4.53. The number of benzene rings is 1. The fraction of sp³-hybridized carbons (Fsp3) is 0.316. The lowest BCUT2D eigenvalue weighted by Gasteiger charge is -2.09. The number of aromatic amines is 1. The molecule has 0 fully saturated rings. The molecule has 1 aliphatic rings. The second kappa shape index (κ2) is 6.99. The predicted octanol–water partition coefficient (Wildman–Crippen LogP) is 3.29. The maximum Gasteiger partial charge on any atom is 0.310 e. The van der Waals surface area contributed by atoms with Crippen LogP contribution in [0.3, 0.4) is 0 Å². The van der Waals surface area contributed by atoms with Crippen LogP contribution in [0.5, 0.6) is 0 Å². The molecule has 7 heteroatoms. The summed E-state index contributed by atoms with van der Waals surface area (Å²) in [5.74, 6) is -0.464. The van der Waals surface area contributed by atoms with E-state index in [2.05, 4.69) is 9.97 Å². The van der Waals surface area contributed by atoms with Gasteiger partial charge in [0.25, 0.3) is 5.56 Å². The third-order valence-electron chi connectivity index (χ3n) is 4.51. The van der Waals surface area contributed by atoms with Crippen molar-refractivity contribution in [2.75, 3.05) is 0 Å². The Morgan fingerprint density at radius 2 is 2.00 bits per heavy atom. The highest BCUT2D eigenvalue weighted by Crippen LogP contribution is 2.33. The Morgan fingerprint density at radius 3 is 2.81 bits per heavy atom. The zero-order chi connectivity index (χ0) is 18.1. The van der Waals surface area contributed by atoms with Gasteiger partial charge in [0, 0.05) is 4.88 Å². The number of H-pyrrole nitrogens is 1. The fourth-order valence-electron chi connectivity index (χ4n) is 3.25. The summed E-state index contributed by atoms with van der Waals surface area (Å²) in [4.78, 5) is 33.5. The van der Waals surface area contributed by atoms with Crippen molar-refractivity contribution >= 4 is 27.5 Å². The molecule has 0 unspecified atom stereocenters. The highest BCUT2D eigenvalue weighted by molar-refractivity contribution is 7.18. The van der Waals surface area contributed by atoms with Gasteiger partial charge in [0.05, 0.1) is 11.8 Å². The Labute approximate surface area is 152 Å². The molecule has 3 aromatic rings. The molecule has 26 heavy (non-hydrogen) atoms. The highest BCUT2D eigenvalue weighted by Gasteiger charge is 2.20. The number of nitrogens with one attached hydrogen (secondary N) is 1. The molecule has 0 atom stereocenters.